The third-order valence-electron chi connectivity index (χ3n) is 5.27. The summed E-state index contributed by atoms with van der Waals surface area (Å²) >= 11 is 0. The van der Waals surface area contributed by atoms with Crippen LogP contribution in [-0.4, -0.2) is 57.9 Å². The van der Waals surface area contributed by atoms with Gasteiger partial charge in [0.1, 0.15) is 11.5 Å². The van der Waals surface area contributed by atoms with Gasteiger partial charge in [0.15, 0.2) is 0 Å². The summed E-state index contributed by atoms with van der Waals surface area (Å²) in [6.07, 6.45) is 3.27. The van der Waals surface area contributed by atoms with Crippen LogP contribution in [0.4, 0.5) is 0 Å². The molecule has 6 nitrogen and oxygen atoms in total. The first-order valence-corrected chi connectivity index (χ1v) is 10.2. The van der Waals surface area contributed by atoms with Crippen LogP contribution in [0.25, 0.3) is 6.08 Å². The predicted octanol–water partition coefficient (Wildman–Crippen LogP) is 3.22. The molecule has 0 bridgehead atoms. The molecule has 3 rings (SSSR count). The SMILES string of the molecule is COc1ccc(OC)c(/C=C/C(=O)NCC(c2ccc(C)cc2)N2CCOCC2)c1. The Kier molecular flexibility index (Phi) is 7.88. The second kappa shape index (κ2) is 10.8. The summed E-state index contributed by atoms with van der Waals surface area (Å²) in [5.41, 5.74) is 3.20. The molecule has 1 aliphatic rings. The number of carbonyl (C=O) groups is 1. The normalized spacial score (nSPS) is 15.7. The third-order valence-corrected chi connectivity index (χ3v) is 5.27. The van der Waals surface area contributed by atoms with Gasteiger partial charge in [-0.2, -0.15) is 0 Å². The van der Waals surface area contributed by atoms with E-state index < -0.39 is 0 Å². The Hall–Kier alpha value is -2.83. The van der Waals surface area contributed by atoms with Crippen LogP contribution in [0.15, 0.2) is 48.5 Å². The molecule has 0 saturated carbocycles. The predicted molar refractivity (Wildman–Crippen MR) is 118 cm³/mol. The molecule has 1 saturated heterocycles. The number of nitrogens with one attached hydrogen (secondary N) is 1. The molecule has 1 atom stereocenters. The van der Waals surface area contributed by atoms with Crippen molar-refractivity contribution in [2.24, 2.45) is 0 Å². The van der Waals surface area contributed by atoms with E-state index in [1.165, 1.54) is 17.2 Å². The van der Waals surface area contributed by atoms with E-state index in [1.807, 2.05) is 18.2 Å². The summed E-state index contributed by atoms with van der Waals surface area (Å²) < 4.78 is 16.1. The maximum absolute atomic E-state index is 12.5. The summed E-state index contributed by atoms with van der Waals surface area (Å²) in [6.45, 7) is 5.74. The highest BCUT2D eigenvalue weighted by Gasteiger charge is 2.22. The van der Waals surface area contributed by atoms with Gasteiger partial charge in [0.2, 0.25) is 5.91 Å². The number of amides is 1. The van der Waals surface area contributed by atoms with Gasteiger partial charge in [-0.15, -0.1) is 0 Å². The second-order valence-corrected chi connectivity index (χ2v) is 7.26. The number of hydrogen-bond acceptors (Lipinski definition) is 5. The molecule has 0 aliphatic carbocycles. The molecule has 2 aromatic carbocycles. The summed E-state index contributed by atoms with van der Waals surface area (Å²) in [7, 11) is 3.21. The van der Waals surface area contributed by atoms with Gasteiger partial charge >= 0.3 is 0 Å². The molecular weight excluding hydrogens is 380 g/mol. The van der Waals surface area contributed by atoms with Gasteiger partial charge in [0.05, 0.1) is 33.5 Å². The van der Waals surface area contributed by atoms with Crippen molar-refractivity contribution >= 4 is 12.0 Å². The lowest BCUT2D eigenvalue weighted by atomic mass is 10.0. The molecule has 6 heteroatoms. The Labute approximate surface area is 178 Å². The number of ether oxygens (including phenoxy) is 3. The van der Waals surface area contributed by atoms with Crippen LogP contribution in [-0.2, 0) is 9.53 Å². The lowest BCUT2D eigenvalue weighted by Crippen LogP contribution is -2.43. The quantitative estimate of drug-likeness (QED) is 0.677. The number of methoxy groups -OCH3 is 2. The summed E-state index contributed by atoms with van der Waals surface area (Å²) in [5.74, 6) is 1.25. The molecule has 1 heterocycles. The minimum atomic E-state index is -0.148. The van der Waals surface area contributed by atoms with Crippen LogP contribution in [0.2, 0.25) is 0 Å². The first kappa shape index (κ1) is 21.9. The van der Waals surface area contributed by atoms with E-state index in [9.17, 15) is 4.79 Å². The molecule has 0 aromatic heterocycles. The van der Waals surface area contributed by atoms with E-state index in [4.69, 9.17) is 14.2 Å². The van der Waals surface area contributed by atoms with Crippen LogP contribution >= 0.6 is 0 Å². The Balaban J connectivity index is 1.68. The van der Waals surface area contributed by atoms with E-state index in [0.717, 1.165) is 18.7 Å². The fourth-order valence-corrected chi connectivity index (χ4v) is 3.53. The average Bonchev–Trinajstić information content (AvgIpc) is 2.79. The van der Waals surface area contributed by atoms with Crippen LogP contribution in [0, 0.1) is 6.92 Å². The molecule has 1 unspecified atom stereocenters. The largest absolute Gasteiger partial charge is 0.497 e. The van der Waals surface area contributed by atoms with E-state index in [0.29, 0.717) is 31.3 Å². The number of benzene rings is 2. The van der Waals surface area contributed by atoms with Crippen molar-refractivity contribution in [3.63, 3.8) is 0 Å². The molecule has 1 amide bonds. The van der Waals surface area contributed by atoms with Crippen LogP contribution in [0.5, 0.6) is 11.5 Å². The Morgan fingerprint density at radius 3 is 2.53 bits per heavy atom. The van der Waals surface area contributed by atoms with Crippen molar-refractivity contribution < 1.29 is 19.0 Å². The lowest BCUT2D eigenvalue weighted by Gasteiger charge is -2.35. The van der Waals surface area contributed by atoms with Crippen LogP contribution in [0.3, 0.4) is 0 Å². The summed E-state index contributed by atoms with van der Waals surface area (Å²) in [4.78, 5) is 14.9. The Morgan fingerprint density at radius 1 is 1.13 bits per heavy atom. The smallest absolute Gasteiger partial charge is 0.244 e. The van der Waals surface area contributed by atoms with Gasteiger partial charge in [-0.3, -0.25) is 9.69 Å². The average molecular weight is 411 g/mol. The third kappa shape index (κ3) is 5.84. The Bertz CT molecular complexity index is 858. The number of hydrogen-bond donors (Lipinski definition) is 1. The minimum absolute atomic E-state index is 0.109. The molecule has 1 N–H and O–H groups in total. The van der Waals surface area contributed by atoms with E-state index in [2.05, 4.69) is 41.4 Å². The summed E-state index contributed by atoms with van der Waals surface area (Å²) in [5, 5.41) is 3.05. The van der Waals surface area contributed by atoms with Crippen molar-refractivity contribution in [2.75, 3.05) is 47.1 Å². The number of morpholine rings is 1. The maximum atomic E-state index is 12.5. The highest BCUT2D eigenvalue weighted by molar-refractivity contribution is 5.92. The molecule has 30 heavy (non-hydrogen) atoms. The zero-order chi connectivity index (χ0) is 21.3. The molecule has 0 radical (unpaired) electrons. The monoisotopic (exact) mass is 410 g/mol. The number of nitrogens with zero attached hydrogens (tertiary/aromatic N) is 1. The molecule has 0 spiro atoms. The Morgan fingerprint density at radius 2 is 1.87 bits per heavy atom. The molecule has 160 valence electrons. The number of aryl methyl sites for hydroxylation is 1. The molecular formula is C24H30N2O4. The van der Waals surface area contributed by atoms with E-state index >= 15 is 0 Å². The van der Waals surface area contributed by atoms with E-state index in [-0.39, 0.29) is 11.9 Å². The second-order valence-electron chi connectivity index (χ2n) is 7.26. The minimum Gasteiger partial charge on any atom is -0.497 e. The van der Waals surface area contributed by atoms with Crippen molar-refractivity contribution in [1.82, 2.24) is 10.2 Å². The molecule has 2 aromatic rings. The fourth-order valence-electron chi connectivity index (χ4n) is 3.53. The van der Waals surface area contributed by atoms with Gasteiger partial charge in [-0.1, -0.05) is 29.8 Å². The fraction of sp³-hybridized carbons (Fsp3) is 0.375. The lowest BCUT2D eigenvalue weighted by molar-refractivity contribution is -0.116. The molecule has 1 fully saturated rings. The van der Waals surface area contributed by atoms with Gasteiger partial charge in [-0.25, -0.2) is 0 Å². The molecule has 1 aliphatic heterocycles. The zero-order valence-electron chi connectivity index (χ0n) is 17.9. The number of rotatable bonds is 8. The first-order chi connectivity index (χ1) is 14.6. The summed E-state index contributed by atoms with van der Waals surface area (Å²) in [6, 6.07) is 14.1. The van der Waals surface area contributed by atoms with Gasteiger partial charge in [0.25, 0.3) is 0 Å². The van der Waals surface area contributed by atoms with Crippen molar-refractivity contribution in [3.8, 4) is 11.5 Å². The first-order valence-electron chi connectivity index (χ1n) is 10.2. The van der Waals surface area contributed by atoms with E-state index in [1.54, 1.807) is 20.3 Å². The standard InChI is InChI=1S/C24H30N2O4/c1-18-4-6-19(7-5-18)22(26-12-14-30-15-13-26)17-25-24(27)11-8-20-16-21(28-2)9-10-23(20)29-3/h4-11,16,22H,12-15,17H2,1-3H3,(H,25,27)/b11-8+. The van der Waals surface area contributed by atoms with Gasteiger partial charge < -0.3 is 19.5 Å². The topological polar surface area (TPSA) is 60.0 Å². The highest BCUT2D eigenvalue weighted by atomic mass is 16.5. The van der Waals surface area contributed by atoms with Crippen molar-refractivity contribution in [3.05, 3.63) is 65.2 Å². The van der Waals surface area contributed by atoms with Gasteiger partial charge in [-0.05, 0) is 36.8 Å². The zero-order valence-corrected chi connectivity index (χ0v) is 17.9. The van der Waals surface area contributed by atoms with Crippen molar-refractivity contribution in [1.29, 1.82) is 0 Å². The maximum Gasteiger partial charge on any atom is 0.244 e. The van der Waals surface area contributed by atoms with Gasteiger partial charge in [0, 0.05) is 31.3 Å². The van der Waals surface area contributed by atoms with Crippen molar-refractivity contribution in [2.45, 2.75) is 13.0 Å². The van der Waals surface area contributed by atoms with Crippen LogP contribution in [0.1, 0.15) is 22.7 Å². The number of carbonyl (C=O) groups excluding carboxylic acids is 1. The van der Waals surface area contributed by atoms with Crippen LogP contribution < -0.4 is 14.8 Å². The highest BCUT2D eigenvalue weighted by Crippen LogP contribution is 2.25.